The number of nitrogens with one attached hydrogen (secondary N) is 1. The van der Waals surface area contributed by atoms with Gasteiger partial charge in [0, 0.05) is 33.4 Å². The molecule has 0 saturated carbocycles. The highest BCUT2D eigenvalue weighted by molar-refractivity contribution is 5.78. The van der Waals surface area contributed by atoms with Crippen LogP contribution in [-0.4, -0.2) is 62.9 Å². The minimum Gasteiger partial charge on any atom is -0.377 e. The molecule has 0 spiro atoms. The highest BCUT2D eigenvalue weighted by atomic mass is 16.5. The first-order valence-electron chi connectivity index (χ1n) is 6.19. The van der Waals surface area contributed by atoms with Gasteiger partial charge in [0.15, 0.2) is 0 Å². The maximum absolute atomic E-state index is 11.9. The highest BCUT2D eigenvalue weighted by Gasteiger charge is 2.35. The SMILES string of the molecule is CCC(C)NCC(=O)N1CC(OC)C(OC)C1. The normalized spacial score (nSPS) is 26.2. The average molecular weight is 244 g/mol. The molecule has 17 heavy (non-hydrogen) atoms. The Labute approximate surface area is 103 Å². The van der Waals surface area contributed by atoms with E-state index in [-0.39, 0.29) is 18.1 Å². The van der Waals surface area contributed by atoms with E-state index in [4.69, 9.17) is 9.47 Å². The summed E-state index contributed by atoms with van der Waals surface area (Å²) >= 11 is 0. The predicted octanol–water partition coefficient (Wildman–Crippen LogP) is 0.247. The molecule has 1 rings (SSSR count). The maximum atomic E-state index is 11.9. The zero-order valence-electron chi connectivity index (χ0n) is 11.2. The van der Waals surface area contributed by atoms with Crippen molar-refractivity contribution in [2.45, 2.75) is 38.5 Å². The van der Waals surface area contributed by atoms with Gasteiger partial charge in [-0.2, -0.15) is 0 Å². The molecule has 1 aliphatic heterocycles. The molecule has 3 unspecified atom stereocenters. The van der Waals surface area contributed by atoms with Crippen LogP contribution in [0, 0.1) is 0 Å². The molecule has 0 bridgehead atoms. The van der Waals surface area contributed by atoms with E-state index < -0.39 is 0 Å². The second-order valence-electron chi connectivity index (χ2n) is 4.54. The molecule has 1 fully saturated rings. The molecule has 1 N–H and O–H groups in total. The molecule has 100 valence electrons. The molecule has 5 nitrogen and oxygen atoms in total. The Morgan fingerprint density at radius 2 is 1.88 bits per heavy atom. The summed E-state index contributed by atoms with van der Waals surface area (Å²) in [6.45, 7) is 5.81. The third-order valence-corrected chi connectivity index (χ3v) is 3.39. The van der Waals surface area contributed by atoms with Crippen molar-refractivity contribution >= 4 is 5.91 Å². The first-order valence-corrected chi connectivity index (χ1v) is 6.19. The topological polar surface area (TPSA) is 50.8 Å². The third-order valence-electron chi connectivity index (χ3n) is 3.39. The van der Waals surface area contributed by atoms with Crippen molar-refractivity contribution in [3.63, 3.8) is 0 Å². The summed E-state index contributed by atoms with van der Waals surface area (Å²) in [5.41, 5.74) is 0. The van der Waals surface area contributed by atoms with Crippen LogP contribution in [-0.2, 0) is 14.3 Å². The predicted molar refractivity (Wildman–Crippen MR) is 65.9 cm³/mol. The van der Waals surface area contributed by atoms with Crippen LogP contribution in [0.1, 0.15) is 20.3 Å². The first-order chi connectivity index (χ1) is 8.12. The zero-order valence-corrected chi connectivity index (χ0v) is 11.2. The van der Waals surface area contributed by atoms with Gasteiger partial charge in [0.05, 0.1) is 6.54 Å². The summed E-state index contributed by atoms with van der Waals surface area (Å²) in [5.74, 6) is 0.118. The number of hydrogen-bond donors (Lipinski definition) is 1. The Balaban J connectivity index is 2.38. The molecule has 0 aromatic rings. The monoisotopic (exact) mass is 244 g/mol. The molecule has 3 atom stereocenters. The van der Waals surface area contributed by atoms with E-state index in [0.29, 0.717) is 25.7 Å². The van der Waals surface area contributed by atoms with Gasteiger partial charge < -0.3 is 19.7 Å². The fraction of sp³-hybridized carbons (Fsp3) is 0.917. The Hall–Kier alpha value is -0.650. The van der Waals surface area contributed by atoms with Crippen molar-refractivity contribution in [3.8, 4) is 0 Å². The summed E-state index contributed by atoms with van der Waals surface area (Å²) in [4.78, 5) is 13.7. The van der Waals surface area contributed by atoms with Crippen molar-refractivity contribution in [1.29, 1.82) is 0 Å². The molecule has 1 saturated heterocycles. The van der Waals surface area contributed by atoms with Gasteiger partial charge in [-0.25, -0.2) is 0 Å². The zero-order chi connectivity index (χ0) is 12.8. The van der Waals surface area contributed by atoms with Crippen LogP contribution in [0.5, 0.6) is 0 Å². The van der Waals surface area contributed by atoms with E-state index in [2.05, 4.69) is 19.2 Å². The van der Waals surface area contributed by atoms with E-state index in [1.54, 1.807) is 19.1 Å². The van der Waals surface area contributed by atoms with Crippen LogP contribution in [0.4, 0.5) is 0 Å². The summed E-state index contributed by atoms with van der Waals surface area (Å²) in [5, 5.41) is 3.20. The molecule has 1 heterocycles. The van der Waals surface area contributed by atoms with Gasteiger partial charge in [0.25, 0.3) is 0 Å². The standard InChI is InChI=1S/C12H24N2O3/c1-5-9(2)13-6-12(15)14-7-10(16-3)11(8-14)17-4/h9-11,13H,5-8H2,1-4H3. The van der Waals surface area contributed by atoms with Crippen LogP contribution >= 0.6 is 0 Å². The number of likely N-dealkylation sites (tertiary alicyclic amines) is 1. The minimum absolute atomic E-state index is 0.00690. The number of hydrogen-bond acceptors (Lipinski definition) is 4. The van der Waals surface area contributed by atoms with Crippen LogP contribution in [0.15, 0.2) is 0 Å². The first kappa shape index (κ1) is 14.4. The van der Waals surface area contributed by atoms with Gasteiger partial charge in [-0.15, -0.1) is 0 Å². The lowest BCUT2D eigenvalue weighted by Crippen LogP contribution is -2.40. The Morgan fingerprint density at radius 1 is 1.35 bits per heavy atom. The molecular weight excluding hydrogens is 220 g/mol. The number of rotatable bonds is 6. The van der Waals surface area contributed by atoms with Crippen molar-refractivity contribution in [3.05, 3.63) is 0 Å². The number of methoxy groups -OCH3 is 2. The Bertz CT molecular complexity index is 236. The lowest BCUT2D eigenvalue weighted by molar-refractivity contribution is -0.129. The maximum Gasteiger partial charge on any atom is 0.236 e. The number of ether oxygens (including phenoxy) is 2. The smallest absolute Gasteiger partial charge is 0.236 e. The molecule has 0 radical (unpaired) electrons. The number of amides is 1. The largest absolute Gasteiger partial charge is 0.377 e. The molecule has 0 aliphatic carbocycles. The van der Waals surface area contributed by atoms with E-state index in [0.717, 1.165) is 6.42 Å². The summed E-state index contributed by atoms with van der Waals surface area (Å²) < 4.78 is 10.6. The third kappa shape index (κ3) is 3.94. The number of carbonyl (C=O) groups is 1. The van der Waals surface area contributed by atoms with Crippen molar-refractivity contribution in [2.24, 2.45) is 0 Å². The van der Waals surface area contributed by atoms with E-state index in [1.165, 1.54) is 0 Å². The van der Waals surface area contributed by atoms with Gasteiger partial charge in [0.1, 0.15) is 12.2 Å². The Kier molecular flexibility index (Phi) is 5.88. The molecule has 0 aromatic heterocycles. The molecule has 0 aromatic carbocycles. The van der Waals surface area contributed by atoms with Crippen LogP contribution in [0.2, 0.25) is 0 Å². The van der Waals surface area contributed by atoms with Gasteiger partial charge in [-0.1, -0.05) is 6.92 Å². The van der Waals surface area contributed by atoms with Gasteiger partial charge in [-0.05, 0) is 13.3 Å². The highest BCUT2D eigenvalue weighted by Crippen LogP contribution is 2.15. The fourth-order valence-corrected chi connectivity index (χ4v) is 1.92. The average Bonchev–Trinajstić information content (AvgIpc) is 2.78. The second-order valence-corrected chi connectivity index (χ2v) is 4.54. The van der Waals surface area contributed by atoms with Gasteiger partial charge in [0.2, 0.25) is 5.91 Å². The van der Waals surface area contributed by atoms with Crippen LogP contribution < -0.4 is 5.32 Å². The number of carbonyl (C=O) groups excluding carboxylic acids is 1. The molecular formula is C12H24N2O3. The van der Waals surface area contributed by atoms with Gasteiger partial charge in [-0.3, -0.25) is 4.79 Å². The van der Waals surface area contributed by atoms with E-state index in [9.17, 15) is 4.79 Å². The molecule has 1 amide bonds. The van der Waals surface area contributed by atoms with Crippen LogP contribution in [0.3, 0.4) is 0 Å². The fourth-order valence-electron chi connectivity index (χ4n) is 1.92. The summed E-state index contributed by atoms with van der Waals surface area (Å²) in [6.07, 6.45) is 1.01. The van der Waals surface area contributed by atoms with Crippen molar-refractivity contribution in [1.82, 2.24) is 10.2 Å². The van der Waals surface area contributed by atoms with E-state index >= 15 is 0 Å². The number of nitrogens with zero attached hydrogens (tertiary/aromatic N) is 1. The quantitative estimate of drug-likeness (QED) is 0.727. The summed E-state index contributed by atoms with van der Waals surface area (Å²) in [7, 11) is 3.31. The van der Waals surface area contributed by atoms with Crippen molar-refractivity contribution in [2.75, 3.05) is 33.9 Å². The summed E-state index contributed by atoms with van der Waals surface area (Å²) in [6, 6.07) is 0.373. The molecule has 5 heteroatoms. The van der Waals surface area contributed by atoms with Crippen molar-refractivity contribution < 1.29 is 14.3 Å². The minimum atomic E-state index is -0.00690. The van der Waals surface area contributed by atoms with Crippen LogP contribution in [0.25, 0.3) is 0 Å². The Morgan fingerprint density at radius 3 is 2.29 bits per heavy atom. The lowest BCUT2D eigenvalue weighted by atomic mass is 10.2. The lowest BCUT2D eigenvalue weighted by Gasteiger charge is -2.18. The second kappa shape index (κ2) is 6.93. The molecule has 1 aliphatic rings. The van der Waals surface area contributed by atoms with E-state index in [1.807, 2.05) is 0 Å². The van der Waals surface area contributed by atoms with Gasteiger partial charge >= 0.3 is 0 Å².